The Morgan fingerprint density at radius 1 is 1.06 bits per heavy atom. The van der Waals surface area contributed by atoms with Crippen molar-refractivity contribution in [2.24, 2.45) is 5.92 Å². The summed E-state index contributed by atoms with van der Waals surface area (Å²) in [5, 5.41) is 8.62. The molecule has 0 spiro atoms. The number of thiazole rings is 1. The van der Waals surface area contributed by atoms with Gasteiger partial charge in [0.15, 0.2) is 0 Å². The lowest BCUT2D eigenvalue weighted by atomic mass is 9.83. The molecule has 2 aromatic rings. The van der Waals surface area contributed by atoms with E-state index in [1.54, 1.807) is 31.5 Å². The summed E-state index contributed by atoms with van der Waals surface area (Å²) in [7, 11) is 1.75. The van der Waals surface area contributed by atoms with Gasteiger partial charge in [0.05, 0.1) is 12.1 Å². The van der Waals surface area contributed by atoms with Crippen LogP contribution in [-0.4, -0.2) is 53.2 Å². The quantitative estimate of drug-likeness (QED) is 0.560. The van der Waals surface area contributed by atoms with Crippen molar-refractivity contribution in [3.8, 4) is 0 Å². The molecule has 1 aliphatic heterocycles. The highest BCUT2D eigenvalue weighted by molar-refractivity contribution is 7.10. The average molecular weight is 483 g/mol. The molecule has 2 fully saturated rings. The molecule has 1 unspecified atom stereocenters. The molecule has 0 bridgehead atoms. The smallest absolute Gasteiger partial charge is 0.246 e. The van der Waals surface area contributed by atoms with Gasteiger partial charge in [-0.3, -0.25) is 14.4 Å². The van der Waals surface area contributed by atoms with Crippen molar-refractivity contribution in [1.29, 1.82) is 0 Å². The van der Waals surface area contributed by atoms with E-state index < -0.39 is 6.04 Å². The Morgan fingerprint density at radius 2 is 1.79 bits per heavy atom. The lowest BCUT2D eigenvalue weighted by molar-refractivity contribution is -0.139. The number of amides is 2. The van der Waals surface area contributed by atoms with Gasteiger partial charge < -0.3 is 15.5 Å². The van der Waals surface area contributed by atoms with Crippen molar-refractivity contribution < 1.29 is 14.4 Å². The second-order valence-electron chi connectivity index (χ2n) is 9.35. The second-order valence-corrected chi connectivity index (χ2v) is 10.2. The number of likely N-dealkylation sites (tertiary alicyclic amines) is 1. The van der Waals surface area contributed by atoms with Crippen molar-refractivity contribution in [1.82, 2.24) is 20.5 Å². The zero-order valence-electron chi connectivity index (χ0n) is 20.0. The fraction of sp³-hybridized carbons (Fsp3) is 0.538. The second kappa shape index (κ2) is 11.2. The number of hydrogen-bond acceptors (Lipinski definition) is 6. The fourth-order valence-corrected chi connectivity index (χ4v) is 5.95. The van der Waals surface area contributed by atoms with Gasteiger partial charge in [0, 0.05) is 17.5 Å². The van der Waals surface area contributed by atoms with Crippen molar-refractivity contribution in [2.75, 3.05) is 13.6 Å². The Labute approximate surface area is 205 Å². The number of hydrogen-bond donors (Lipinski definition) is 2. The number of ketones is 1. The molecule has 1 aliphatic carbocycles. The first-order valence-electron chi connectivity index (χ1n) is 12.3. The summed E-state index contributed by atoms with van der Waals surface area (Å²) in [5.41, 5.74) is 1.03. The first kappa shape index (κ1) is 24.5. The maximum Gasteiger partial charge on any atom is 0.246 e. The number of nitrogens with zero attached hydrogens (tertiary/aromatic N) is 2. The third-order valence-electron chi connectivity index (χ3n) is 7.12. The predicted molar refractivity (Wildman–Crippen MR) is 133 cm³/mol. The monoisotopic (exact) mass is 482 g/mol. The molecule has 2 amide bonds. The van der Waals surface area contributed by atoms with E-state index in [2.05, 4.69) is 15.6 Å². The molecule has 1 aromatic heterocycles. The van der Waals surface area contributed by atoms with E-state index in [0.29, 0.717) is 17.8 Å². The first-order chi connectivity index (χ1) is 16.5. The number of carbonyl (C=O) groups is 3. The Balaban J connectivity index is 1.53. The molecule has 7 nitrogen and oxygen atoms in total. The summed E-state index contributed by atoms with van der Waals surface area (Å²) in [6, 6.07) is 8.10. The summed E-state index contributed by atoms with van der Waals surface area (Å²) in [4.78, 5) is 45.9. The molecule has 1 aromatic carbocycles. The van der Waals surface area contributed by atoms with Gasteiger partial charge in [0.1, 0.15) is 16.7 Å². The van der Waals surface area contributed by atoms with Crippen molar-refractivity contribution >= 4 is 28.9 Å². The average Bonchev–Trinajstić information content (AvgIpc) is 3.57. The van der Waals surface area contributed by atoms with E-state index in [9.17, 15) is 14.4 Å². The minimum Gasteiger partial charge on any atom is -0.343 e. The number of carbonyl (C=O) groups excluding carboxylic acids is 3. The predicted octanol–water partition coefficient (Wildman–Crippen LogP) is 3.71. The van der Waals surface area contributed by atoms with Crippen molar-refractivity contribution in [3.05, 3.63) is 52.0 Å². The minimum atomic E-state index is -0.519. The summed E-state index contributed by atoms with van der Waals surface area (Å²) in [6.45, 7) is 2.45. The Morgan fingerprint density at radius 3 is 2.50 bits per heavy atom. The fourth-order valence-electron chi connectivity index (χ4n) is 5.01. The third kappa shape index (κ3) is 5.39. The van der Waals surface area contributed by atoms with Gasteiger partial charge in [-0.2, -0.15) is 0 Å². The van der Waals surface area contributed by atoms with Crippen LogP contribution in [0.15, 0.2) is 35.7 Å². The van der Waals surface area contributed by atoms with Crippen LogP contribution in [-0.2, 0) is 9.59 Å². The van der Waals surface area contributed by atoms with Gasteiger partial charge in [-0.05, 0) is 45.6 Å². The van der Waals surface area contributed by atoms with Crippen molar-refractivity contribution in [2.45, 2.75) is 70.0 Å². The van der Waals surface area contributed by atoms with Crippen LogP contribution in [0.1, 0.15) is 79.0 Å². The number of benzene rings is 1. The van der Waals surface area contributed by atoms with Gasteiger partial charge >= 0.3 is 0 Å². The van der Waals surface area contributed by atoms with E-state index in [1.165, 1.54) is 17.8 Å². The summed E-state index contributed by atoms with van der Waals surface area (Å²) in [6.07, 6.45) is 6.97. The van der Waals surface area contributed by atoms with Crippen LogP contribution in [0.3, 0.4) is 0 Å². The van der Waals surface area contributed by atoms with Crippen LogP contribution in [0.4, 0.5) is 0 Å². The van der Waals surface area contributed by atoms with Gasteiger partial charge in [-0.25, -0.2) is 4.98 Å². The van der Waals surface area contributed by atoms with Gasteiger partial charge in [-0.1, -0.05) is 49.6 Å². The van der Waals surface area contributed by atoms with E-state index in [1.807, 2.05) is 23.1 Å². The zero-order valence-corrected chi connectivity index (χ0v) is 20.8. The molecule has 2 N–H and O–H groups in total. The van der Waals surface area contributed by atoms with Crippen molar-refractivity contribution in [3.63, 3.8) is 0 Å². The summed E-state index contributed by atoms with van der Waals surface area (Å²) < 4.78 is 0. The van der Waals surface area contributed by atoms with Gasteiger partial charge in [0.2, 0.25) is 17.6 Å². The lowest BCUT2D eigenvalue weighted by Gasteiger charge is -2.35. The minimum absolute atomic E-state index is 0.0165. The van der Waals surface area contributed by atoms with Crippen LogP contribution in [0.2, 0.25) is 0 Å². The van der Waals surface area contributed by atoms with Crippen LogP contribution in [0, 0.1) is 5.92 Å². The van der Waals surface area contributed by atoms with Crippen LogP contribution in [0.5, 0.6) is 0 Å². The van der Waals surface area contributed by atoms with E-state index >= 15 is 0 Å². The zero-order chi connectivity index (χ0) is 24.1. The molecule has 0 radical (unpaired) electrons. The van der Waals surface area contributed by atoms with E-state index in [-0.39, 0.29) is 35.6 Å². The topological polar surface area (TPSA) is 91.4 Å². The lowest BCUT2D eigenvalue weighted by Crippen LogP contribution is -2.55. The molecule has 34 heavy (non-hydrogen) atoms. The number of aromatic nitrogens is 1. The molecule has 8 heteroatoms. The number of rotatable bonds is 8. The molecule has 1 saturated heterocycles. The van der Waals surface area contributed by atoms with Crippen LogP contribution in [0.25, 0.3) is 0 Å². The van der Waals surface area contributed by atoms with Gasteiger partial charge in [0.25, 0.3) is 0 Å². The number of likely N-dealkylation sites (N-methyl/N-ethyl adjacent to an activating group) is 1. The standard InChI is InChI=1S/C26H34N4O3S/c1-17(27-2)24(32)29-22(18-10-5-3-6-11-18)26(33)30-15-9-14-21(30)25-28-20(16-34-25)23(31)19-12-7-4-8-13-19/h4,7-8,12-13,16-18,21-22,27H,3,5-6,9-11,14-15H2,1-2H3,(H,29,32)/t17-,21?,22-/m0/s1. The van der Waals surface area contributed by atoms with E-state index in [4.69, 9.17) is 0 Å². The molecule has 182 valence electrons. The normalized spacial score (nSPS) is 20.6. The summed E-state index contributed by atoms with van der Waals surface area (Å²) in [5.74, 6) is -0.112. The molecule has 4 rings (SSSR count). The highest BCUT2D eigenvalue weighted by Crippen LogP contribution is 2.36. The SMILES string of the molecule is CN[C@@H](C)C(=O)N[C@H](C(=O)N1CCCC1c1nc(C(=O)c2ccccc2)cs1)C1CCCCC1. The van der Waals surface area contributed by atoms with Gasteiger partial charge in [-0.15, -0.1) is 11.3 Å². The third-order valence-corrected chi connectivity index (χ3v) is 8.07. The Bertz CT molecular complexity index is 1000. The van der Waals surface area contributed by atoms with Crippen LogP contribution >= 0.6 is 11.3 Å². The highest BCUT2D eigenvalue weighted by atomic mass is 32.1. The molecular formula is C26H34N4O3S. The molecule has 2 heterocycles. The maximum absolute atomic E-state index is 13.8. The largest absolute Gasteiger partial charge is 0.343 e. The Kier molecular flexibility index (Phi) is 8.11. The molecule has 1 saturated carbocycles. The first-order valence-corrected chi connectivity index (χ1v) is 13.2. The van der Waals surface area contributed by atoms with E-state index in [0.717, 1.165) is 43.5 Å². The molecular weight excluding hydrogens is 448 g/mol. The summed E-state index contributed by atoms with van der Waals surface area (Å²) >= 11 is 1.44. The van der Waals surface area contributed by atoms with Crippen LogP contribution < -0.4 is 10.6 Å². The Hall–Kier alpha value is -2.58. The highest BCUT2D eigenvalue weighted by Gasteiger charge is 2.40. The molecule has 3 atom stereocenters. The molecule has 2 aliphatic rings. The number of nitrogens with one attached hydrogen (secondary N) is 2. The maximum atomic E-state index is 13.8.